The second kappa shape index (κ2) is 5.46. The highest BCUT2D eigenvalue weighted by Crippen LogP contribution is 2.09. The summed E-state index contributed by atoms with van der Waals surface area (Å²) in [7, 11) is 0. The molecule has 0 unspecified atom stereocenters. The maximum absolute atomic E-state index is 11.6. The average Bonchev–Trinajstić information content (AvgIpc) is 2.42. The molecule has 3 N–H and O–H groups in total. The predicted molar refractivity (Wildman–Crippen MR) is 68.7 cm³/mol. The number of nitriles is 1. The molecule has 0 aliphatic rings. The lowest BCUT2D eigenvalue weighted by Gasteiger charge is -2.06. The summed E-state index contributed by atoms with van der Waals surface area (Å²) in [6.45, 7) is 0. The van der Waals surface area contributed by atoms with E-state index in [1.54, 1.807) is 24.3 Å². The molecule has 0 aliphatic heterocycles. The highest BCUT2D eigenvalue weighted by Gasteiger charge is 2.03. The van der Waals surface area contributed by atoms with Gasteiger partial charge in [0.2, 0.25) is 0 Å². The van der Waals surface area contributed by atoms with E-state index in [1.165, 1.54) is 12.1 Å². The van der Waals surface area contributed by atoms with Gasteiger partial charge in [0.15, 0.2) is 5.82 Å². The normalized spacial score (nSPS) is 9.42. The molecule has 2 aromatic rings. The van der Waals surface area contributed by atoms with Gasteiger partial charge in [-0.05, 0) is 30.3 Å². The zero-order chi connectivity index (χ0) is 13.7. The zero-order valence-electron chi connectivity index (χ0n) is 9.68. The van der Waals surface area contributed by atoms with Gasteiger partial charge in [-0.3, -0.25) is 10.1 Å². The van der Waals surface area contributed by atoms with Crippen LogP contribution in [0.15, 0.2) is 41.2 Å². The van der Waals surface area contributed by atoms with Crippen LogP contribution >= 0.6 is 0 Å². The van der Waals surface area contributed by atoms with Crippen molar-refractivity contribution in [3.05, 3.63) is 52.3 Å². The number of carbonyl (C=O) groups excluding carboxylic acids is 1. The van der Waals surface area contributed by atoms with E-state index < -0.39 is 6.03 Å². The number of aromatic amines is 1. The quantitative estimate of drug-likeness (QED) is 0.750. The number of H-pyrrole nitrogens is 1. The third kappa shape index (κ3) is 3.41. The van der Waals surface area contributed by atoms with Crippen LogP contribution in [0.25, 0.3) is 0 Å². The highest BCUT2D eigenvalue weighted by molar-refractivity contribution is 5.99. The van der Waals surface area contributed by atoms with E-state index in [4.69, 9.17) is 5.26 Å². The van der Waals surface area contributed by atoms with Gasteiger partial charge < -0.3 is 5.32 Å². The molecule has 94 valence electrons. The van der Waals surface area contributed by atoms with Gasteiger partial charge in [-0.15, -0.1) is 0 Å². The maximum Gasteiger partial charge on any atom is 0.324 e. The summed E-state index contributed by atoms with van der Waals surface area (Å²) in [6, 6.07) is 10.5. The fraction of sp³-hybridized carbons (Fsp3) is 0. The fourth-order valence-corrected chi connectivity index (χ4v) is 1.32. The summed E-state index contributed by atoms with van der Waals surface area (Å²) in [4.78, 5) is 22.4. The standard InChI is InChI=1S/C12H9N5O2/c13-7-8-1-3-9(4-2-8)14-12(19)15-10-5-6-11(18)17-16-10/h1-6H,(H,17,18)(H2,14,15,16,19). The number of nitrogens with one attached hydrogen (secondary N) is 3. The molecular formula is C12H9N5O2. The highest BCUT2D eigenvalue weighted by atomic mass is 16.2. The molecule has 1 aromatic heterocycles. The first-order valence-corrected chi connectivity index (χ1v) is 5.31. The Morgan fingerprint density at radius 1 is 1.16 bits per heavy atom. The number of rotatable bonds is 2. The van der Waals surface area contributed by atoms with Crippen molar-refractivity contribution in [1.82, 2.24) is 10.2 Å². The van der Waals surface area contributed by atoms with Crippen LogP contribution in [0, 0.1) is 11.3 Å². The van der Waals surface area contributed by atoms with Crippen molar-refractivity contribution >= 4 is 17.5 Å². The Labute approximate surface area is 107 Å². The van der Waals surface area contributed by atoms with Gasteiger partial charge >= 0.3 is 6.03 Å². The number of nitrogens with zero attached hydrogens (tertiary/aromatic N) is 2. The van der Waals surface area contributed by atoms with E-state index >= 15 is 0 Å². The van der Waals surface area contributed by atoms with Gasteiger partial charge in [-0.2, -0.15) is 10.4 Å². The zero-order valence-corrected chi connectivity index (χ0v) is 9.68. The van der Waals surface area contributed by atoms with Crippen LogP contribution in [-0.4, -0.2) is 16.2 Å². The Hall–Kier alpha value is -3.14. The smallest absolute Gasteiger partial charge is 0.308 e. The summed E-state index contributed by atoms with van der Waals surface area (Å²) in [5, 5.41) is 19.5. The van der Waals surface area contributed by atoms with Crippen molar-refractivity contribution < 1.29 is 4.79 Å². The number of amides is 2. The van der Waals surface area contributed by atoms with Crippen LogP contribution in [0.2, 0.25) is 0 Å². The Bertz CT molecular complexity index is 664. The Balaban J connectivity index is 1.99. The van der Waals surface area contributed by atoms with Gasteiger partial charge in [0.25, 0.3) is 5.56 Å². The third-order valence-electron chi connectivity index (χ3n) is 2.19. The van der Waals surface area contributed by atoms with E-state index in [9.17, 15) is 9.59 Å². The van der Waals surface area contributed by atoms with Gasteiger partial charge in [0.1, 0.15) is 0 Å². The molecule has 2 amide bonds. The molecule has 0 bridgehead atoms. The summed E-state index contributed by atoms with van der Waals surface area (Å²) in [5.74, 6) is 0.228. The van der Waals surface area contributed by atoms with E-state index in [0.29, 0.717) is 11.3 Å². The summed E-state index contributed by atoms with van der Waals surface area (Å²) >= 11 is 0. The lowest BCUT2D eigenvalue weighted by atomic mass is 10.2. The molecule has 0 spiro atoms. The number of urea groups is 1. The van der Waals surface area contributed by atoms with Gasteiger partial charge in [-0.1, -0.05) is 0 Å². The van der Waals surface area contributed by atoms with Crippen LogP contribution in [0.1, 0.15) is 5.56 Å². The molecule has 2 rings (SSSR count). The van der Waals surface area contributed by atoms with E-state index in [2.05, 4.69) is 20.8 Å². The largest absolute Gasteiger partial charge is 0.324 e. The number of benzene rings is 1. The minimum absolute atomic E-state index is 0.228. The molecule has 1 aromatic carbocycles. The van der Waals surface area contributed by atoms with E-state index in [1.807, 2.05) is 6.07 Å². The lowest BCUT2D eigenvalue weighted by Crippen LogP contribution is -2.21. The molecule has 19 heavy (non-hydrogen) atoms. The van der Waals surface area contributed by atoms with Crippen molar-refractivity contribution in [2.45, 2.75) is 0 Å². The van der Waals surface area contributed by atoms with Crippen LogP contribution in [-0.2, 0) is 0 Å². The topological polar surface area (TPSA) is 111 Å². The molecule has 0 saturated carbocycles. The molecular weight excluding hydrogens is 246 g/mol. The van der Waals surface area contributed by atoms with Crippen LogP contribution in [0.3, 0.4) is 0 Å². The molecule has 0 radical (unpaired) electrons. The number of carbonyl (C=O) groups is 1. The first kappa shape index (κ1) is 12.3. The minimum atomic E-state index is -0.496. The monoisotopic (exact) mass is 255 g/mol. The van der Waals surface area contributed by atoms with Gasteiger partial charge in [0, 0.05) is 11.8 Å². The van der Waals surface area contributed by atoms with Crippen LogP contribution < -0.4 is 16.2 Å². The SMILES string of the molecule is N#Cc1ccc(NC(=O)Nc2ccc(=O)[nH]n2)cc1. The molecule has 7 heteroatoms. The van der Waals surface area contributed by atoms with E-state index in [0.717, 1.165) is 0 Å². The molecule has 0 saturated heterocycles. The van der Waals surface area contributed by atoms with Crippen molar-refractivity contribution in [2.75, 3.05) is 10.6 Å². The van der Waals surface area contributed by atoms with Crippen molar-refractivity contribution in [2.24, 2.45) is 0 Å². The molecule has 0 atom stereocenters. The van der Waals surface area contributed by atoms with Gasteiger partial charge in [-0.25, -0.2) is 9.89 Å². The van der Waals surface area contributed by atoms with Crippen LogP contribution in [0.5, 0.6) is 0 Å². The van der Waals surface area contributed by atoms with Crippen LogP contribution in [0.4, 0.5) is 16.3 Å². The number of hydrogen-bond donors (Lipinski definition) is 3. The van der Waals surface area contributed by atoms with Gasteiger partial charge in [0.05, 0.1) is 11.6 Å². The molecule has 1 heterocycles. The Morgan fingerprint density at radius 3 is 2.47 bits per heavy atom. The summed E-state index contributed by atoms with van der Waals surface area (Å²) < 4.78 is 0. The Kier molecular flexibility index (Phi) is 3.54. The van der Waals surface area contributed by atoms with Crippen molar-refractivity contribution in [3.8, 4) is 6.07 Å². The second-order valence-electron chi connectivity index (χ2n) is 3.57. The average molecular weight is 255 g/mol. The predicted octanol–water partition coefficient (Wildman–Crippen LogP) is 1.29. The third-order valence-corrected chi connectivity index (χ3v) is 2.19. The first-order chi connectivity index (χ1) is 9.17. The summed E-state index contributed by atoms with van der Waals surface area (Å²) in [6.07, 6.45) is 0. The number of aromatic nitrogens is 2. The lowest BCUT2D eigenvalue weighted by molar-refractivity contribution is 0.262. The second-order valence-corrected chi connectivity index (χ2v) is 3.57. The summed E-state index contributed by atoms with van der Waals surface area (Å²) in [5.41, 5.74) is 0.701. The molecule has 0 fully saturated rings. The fourth-order valence-electron chi connectivity index (χ4n) is 1.32. The van der Waals surface area contributed by atoms with Crippen molar-refractivity contribution in [3.63, 3.8) is 0 Å². The number of anilines is 2. The maximum atomic E-state index is 11.6. The minimum Gasteiger partial charge on any atom is -0.308 e. The molecule has 0 aliphatic carbocycles. The van der Waals surface area contributed by atoms with E-state index in [-0.39, 0.29) is 11.4 Å². The Morgan fingerprint density at radius 2 is 1.89 bits per heavy atom. The molecule has 7 nitrogen and oxygen atoms in total. The van der Waals surface area contributed by atoms with Crippen molar-refractivity contribution in [1.29, 1.82) is 5.26 Å². The first-order valence-electron chi connectivity index (χ1n) is 5.31. The number of hydrogen-bond acceptors (Lipinski definition) is 4.